The van der Waals surface area contributed by atoms with Crippen LogP contribution in [0.1, 0.15) is 29.5 Å². The Balaban J connectivity index is 1.71. The lowest BCUT2D eigenvalue weighted by Crippen LogP contribution is -2.09. The van der Waals surface area contributed by atoms with Crippen LogP contribution in [0.25, 0.3) is 5.69 Å². The number of hydrogen-bond donors (Lipinski definition) is 1. The molecule has 116 valence electrons. The zero-order valence-corrected chi connectivity index (χ0v) is 14.3. The highest BCUT2D eigenvalue weighted by molar-refractivity contribution is 7.71. The molecule has 1 heterocycles. The molecule has 1 fully saturated rings. The molecule has 0 bridgehead atoms. The zero-order chi connectivity index (χ0) is 16.0. The van der Waals surface area contributed by atoms with Gasteiger partial charge in [-0.15, -0.1) is 0 Å². The third-order valence-corrected chi connectivity index (χ3v) is 5.42. The molecule has 3 aromatic rings. The first-order valence-corrected chi connectivity index (χ1v) is 8.38. The fraction of sp³-hybridized carbons (Fsp3) is 0.222. The minimum absolute atomic E-state index is 0.145. The first-order chi connectivity index (χ1) is 11.1. The Morgan fingerprint density at radius 1 is 1.13 bits per heavy atom. The van der Waals surface area contributed by atoms with E-state index in [9.17, 15) is 0 Å². The second-order valence-electron chi connectivity index (χ2n) is 6.12. The minimum Gasteiger partial charge on any atom is -0.275 e. The van der Waals surface area contributed by atoms with Crippen molar-refractivity contribution < 1.29 is 0 Å². The van der Waals surface area contributed by atoms with E-state index in [4.69, 9.17) is 23.8 Å². The van der Waals surface area contributed by atoms with Gasteiger partial charge in [0.2, 0.25) is 0 Å². The van der Waals surface area contributed by atoms with Crippen molar-refractivity contribution in [3.63, 3.8) is 0 Å². The summed E-state index contributed by atoms with van der Waals surface area (Å²) >= 11 is 11.4. The van der Waals surface area contributed by atoms with Gasteiger partial charge in [-0.2, -0.15) is 5.10 Å². The second kappa shape index (κ2) is 5.32. The van der Waals surface area contributed by atoms with E-state index < -0.39 is 0 Å². The van der Waals surface area contributed by atoms with Gasteiger partial charge in [0, 0.05) is 16.1 Å². The monoisotopic (exact) mass is 341 g/mol. The van der Waals surface area contributed by atoms with Crippen LogP contribution >= 0.6 is 23.8 Å². The number of aromatic amines is 1. The van der Waals surface area contributed by atoms with E-state index in [0.717, 1.165) is 16.3 Å². The lowest BCUT2D eigenvalue weighted by Gasteiger charge is -2.18. The molecule has 0 unspecified atom stereocenters. The molecule has 1 N–H and O–H groups in total. The molecule has 1 aliphatic rings. The van der Waals surface area contributed by atoms with Gasteiger partial charge in [-0.25, -0.2) is 0 Å². The first-order valence-electron chi connectivity index (χ1n) is 7.60. The molecular weight excluding hydrogens is 326 g/mol. The van der Waals surface area contributed by atoms with Crippen LogP contribution in [-0.2, 0) is 5.41 Å². The van der Waals surface area contributed by atoms with E-state index in [-0.39, 0.29) is 5.41 Å². The number of aryl methyl sites for hydroxylation is 1. The minimum atomic E-state index is 0.145. The van der Waals surface area contributed by atoms with Crippen molar-refractivity contribution in [2.75, 3.05) is 0 Å². The fourth-order valence-corrected chi connectivity index (χ4v) is 3.51. The summed E-state index contributed by atoms with van der Waals surface area (Å²) in [6.45, 7) is 2.06. The number of nitrogens with zero attached hydrogens (tertiary/aromatic N) is 2. The normalized spacial score (nSPS) is 15.6. The van der Waals surface area contributed by atoms with Crippen LogP contribution in [0.5, 0.6) is 0 Å². The third kappa shape index (κ3) is 2.42. The highest BCUT2D eigenvalue weighted by atomic mass is 35.5. The van der Waals surface area contributed by atoms with E-state index in [1.807, 2.05) is 10.6 Å². The molecule has 5 heteroatoms. The van der Waals surface area contributed by atoms with Gasteiger partial charge < -0.3 is 0 Å². The van der Waals surface area contributed by atoms with Crippen LogP contribution in [0.15, 0.2) is 48.8 Å². The molecule has 0 amide bonds. The summed E-state index contributed by atoms with van der Waals surface area (Å²) in [6.07, 6.45) is 4.06. The van der Waals surface area contributed by atoms with Gasteiger partial charge in [0.15, 0.2) is 4.77 Å². The Kier molecular flexibility index (Phi) is 3.39. The summed E-state index contributed by atoms with van der Waals surface area (Å²) in [6, 6.07) is 15.0. The van der Waals surface area contributed by atoms with Gasteiger partial charge in [-0.05, 0) is 66.9 Å². The maximum atomic E-state index is 6.17. The van der Waals surface area contributed by atoms with Gasteiger partial charge in [0.25, 0.3) is 0 Å². The van der Waals surface area contributed by atoms with E-state index in [0.29, 0.717) is 4.77 Å². The van der Waals surface area contributed by atoms with Gasteiger partial charge >= 0.3 is 0 Å². The Morgan fingerprint density at radius 3 is 2.39 bits per heavy atom. The molecule has 0 saturated heterocycles. The smallest absolute Gasteiger partial charge is 0.199 e. The number of nitrogens with one attached hydrogen (secondary N) is 1. The van der Waals surface area contributed by atoms with Crippen molar-refractivity contribution in [2.24, 2.45) is 0 Å². The maximum Gasteiger partial charge on any atom is 0.199 e. The van der Waals surface area contributed by atoms with Gasteiger partial charge in [-0.3, -0.25) is 9.67 Å². The maximum absolute atomic E-state index is 6.17. The molecule has 2 aromatic carbocycles. The average molecular weight is 342 g/mol. The number of rotatable bonds is 3. The summed E-state index contributed by atoms with van der Waals surface area (Å²) in [5, 5.41) is 7.57. The predicted octanol–water partition coefficient (Wildman–Crippen LogP) is 4.97. The van der Waals surface area contributed by atoms with E-state index in [1.54, 1.807) is 6.33 Å². The van der Waals surface area contributed by atoms with Crippen molar-refractivity contribution >= 4 is 23.8 Å². The summed E-state index contributed by atoms with van der Waals surface area (Å²) in [4.78, 5) is 0. The first kappa shape index (κ1) is 14.7. The molecule has 4 rings (SSSR count). The lowest BCUT2D eigenvalue weighted by atomic mass is 9.87. The summed E-state index contributed by atoms with van der Waals surface area (Å²) in [5.41, 5.74) is 5.00. The van der Waals surface area contributed by atoms with Crippen LogP contribution in [0.3, 0.4) is 0 Å². The Hall–Kier alpha value is -1.91. The number of hydrogen-bond acceptors (Lipinski definition) is 2. The Labute approximate surface area is 144 Å². The quantitative estimate of drug-likeness (QED) is 0.682. The topological polar surface area (TPSA) is 33.6 Å². The molecule has 0 radical (unpaired) electrons. The van der Waals surface area contributed by atoms with E-state index in [2.05, 4.69) is 53.5 Å². The largest absolute Gasteiger partial charge is 0.275 e. The molecule has 0 spiro atoms. The molecule has 3 nitrogen and oxygen atoms in total. The number of H-pyrrole nitrogens is 1. The average Bonchev–Trinajstić information content (AvgIpc) is 3.26. The van der Waals surface area contributed by atoms with Gasteiger partial charge in [-0.1, -0.05) is 35.9 Å². The van der Waals surface area contributed by atoms with Crippen LogP contribution in [-0.4, -0.2) is 14.8 Å². The van der Waals surface area contributed by atoms with Crippen LogP contribution in [0.2, 0.25) is 5.02 Å². The molecule has 1 aromatic heterocycles. The van der Waals surface area contributed by atoms with Gasteiger partial charge in [0.05, 0.1) is 0 Å². The number of aromatic nitrogens is 3. The Bertz CT molecular complexity index is 920. The lowest BCUT2D eigenvalue weighted by molar-refractivity contribution is 0.844. The molecule has 1 saturated carbocycles. The van der Waals surface area contributed by atoms with E-state index >= 15 is 0 Å². The molecular formula is C18H16ClN3S. The molecule has 0 aliphatic heterocycles. The molecule has 23 heavy (non-hydrogen) atoms. The van der Waals surface area contributed by atoms with Crippen molar-refractivity contribution in [2.45, 2.75) is 25.2 Å². The van der Waals surface area contributed by atoms with E-state index in [1.165, 1.54) is 24.0 Å². The van der Waals surface area contributed by atoms with Crippen LogP contribution < -0.4 is 0 Å². The zero-order valence-electron chi connectivity index (χ0n) is 12.7. The summed E-state index contributed by atoms with van der Waals surface area (Å²) in [5.74, 6) is 0. The van der Waals surface area contributed by atoms with Crippen LogP contribution in [0.4, 0.5) is 0 Å². The summed E-state index contributed by atoms with van der Waals surface area (Å²) < 4.78 is 2.47. The van der Waals surface area contributed by atoms with Crippen molar-refractivity contribution in [1.29, 1.82) is 0 Å². The molecule has 0 atom stereocenters. The van der Waals surface area contributed by atoms with Crippen molar-refractivity contribution in [3.8, 4) is 5.69 Å². The SMILES string of the molecule is Cc1cc(C2(c3ccc(-n4cn[nH]c4=S)cc3)CC2)ccc1Cl. The number of benzene rings is 2. The second-order valence-corrected chi connectivity index (χ2v) is 6.92. The third-order valence-electron chi connectivity index (χ3n) is 4.71. The fourth-order valence-electron chi connectivity index (χ4n) is 3.18. The van der Waals surface area contributed by atoms with Gasteiger partial charge in [0.1, 0.15) is 6.33 Å². The standard InChI is InChI=1S/C18H16ClN3S/c1-12-10-14(4-7-16(12)19)18(8-9-18)13-2-5-15(6-3-13)22-11-20-21-17(22)23/h2-7,10-11H,8-9H2,1H3,(H,21,23). The van der Waals surface area contributed by atoms with Crippen molar-refractivity contribution in [1.82, 2.24) is 14.8 Å². The Morgan fingerprint density at radius 2 is 1.83 bits per heavy atom. The van der Waals surface area contributed by atoms with Crippen LogP contribution in [0, 0.1) is 11.7 Å². The van der Waals surface area contributed by atoms with Crippen molar-refractivity contribution in [3.05, 3.63) is 75.3 Å². The predicted molar refractivity (Wildman–Crippen MR) is 95.0 cm³/mol. The number of halogens is 1. The summed E-state index contributed by atoms with van der Waals surface area (Å²) in [7, 11) is 0. The molecule has 1 aliphatic carbocycles. The highest BCUT2D eigenvalue weighted by Gasteiger charge is 2.45. The highest BCUT2D eigenvalue weighted by Crippen LogP contribution is 2.53.